The molecule has 7 heteroatoms. The Hall–Kier alpha value is -2.41. The van der Waals surface area contributed by atoms with E-state index in [2.05, 4.69) is 15.0 Å². The Morgan fingerprint density at radius 3 is 2.59 bits per heavy atom. The fourth-order valence-electron chi connectivity index (χ4n) is 1.94. The number of benzene rings is 1. The standard InChI is InChI=1S/C15H19N3O4/c1-10(15(19)20)21-13-6-4-12(5-7-13)8-18(3)9-14-16-11(2)22-17-14/h4-7,10H,8-9H2,1-3H3,(H,19,20). The van der Waals surface area contributed by atoms with E-state index in [1.54, 1.807) is 19.1 Å². The van der Waals surface area contributed by atoms with Crippen molar-refractivity contribution in [2.24, 2.45) is 0 Å². The molecule has 1 unspecified atom stereocenters. The molecule has 1 atom stereocenters. The van der Waals surface area contributed by atoms with Gasteiger partial charge in [-0.2, -0.15) is 4.98 Å². The Balaban J connectivity index is 1.89. The minimum absolute atomic E-state index is 0.537. The first-order valence-corrected chi connectivity index (χ1v) is 6.90. The molecular formula is C15H19N3O4. The molecule has 0 aliphatic rings. The van der Waals surface area contributed by atoms with Crippen molar-refractivity contribution in [3.63, 3.8) is 0 Å². The lowest BCUT2D eigenvalue weighted by molar-refractivity contribution is -0.144. The molecule has 1 N–H and O–H groups in total. The second kappa shape index (κ2) is 7.04. The third kappa shape index (κ3) is 4.56. The summed E-state index contributed by atoms with van der Waals surface area (Å²) in [6.07, 6.45) is -0.866. The van der Waals surface area contributed by atoms with Crippen molar-refractivity contribution in [1.82, 2.24) is 15.0 Å². The van der Waals surface area contributed by atoms with Gasteiger partial charge in [0.05, 0.1) is 6.54 Å². The maximum atomic E-state index is 10.7. The van der Waals surface area contributed by atoms with Gasteiger partial charge in [-0.1, -0.05) is 17.3 Å². The lowest BCUT2D eigenvalue weighted by atomic mass is 10.2. The van der Waals surface area contributed by atoms with E-state index in [4.69, 9.17) is 14.4 Å². The van der Waals surface area contributed by atoms with E-state index < -0.39 is 12.1 Å². The van der Waals surface area contributed by atoms with Crippen LogP contribution in [-0.2, 0) is 17.9 Å². The van der Waals surface area contributed by atoms with E-state index in [1.807, 2.05) is 19.2 Å². The van der Waals surface area contributed by atoms with Crippen LogP contribution in [0.4, 0.5) is 0 Å². The number of carboxylic acids is 1. The van der Waals surface area contributed by atoms with E-state index >= 15 is 0 Å². The maximum absolute atomic E-state index is 10.7. The molecule has 1 heterocycles. The first-order chi connectivity index (χ1) is 10.4. The molecule has 2 rings (SSSR count). The van der Waals surface area contributed by atoms with Gasteiger partial charge < -0.3 is 14.4 Å². The Morgan fingerprint density at radius 2 is 2.05 bits per heavy atom. The molecule has 0 radical (unpaired) electrons. The average Bonchev–Trinajstić information content (AvgIpc) is 2.86. The molecule has 2 aromatic rings. The van der Waals surface area contributed by atoms with E-state index in [1.165, 1.54) is 6.92 Å². The largest absolute Gasteiger partial charge is 0.479 e. The van der Waals surface area contributed by atoms with Crippen molar-refractivity contribution in [2.75, 3.05) is 7.05 Å². The van der Waals surface area contributed by atoms with Gasteiger partial charge in [0.25, 0.3) is 0 Å². The van der Waals surface area contributed by atoms with Crippen LogP contribution in [0, 0.1) is 6.92 Å². The highest BCUT2D eigenvalue weighted by atomic mass is 16.5. The minimum atomic E-state index is -0.987. The highest BCUT2D eigenvalue weighted by Crippen LogP contribution is 2.15. The van der Waals surface area contributed by atoms with Gasteiger partial charge in [-0.25, -0.2) is 4.79 Å². The second-order valence-electron chi connectivity index (χ2n) is 5.14. The molecule has 118 valence electrons. The summed E-state index contributed by atoms with van der Waals surface area (Å²) < 4.78 is 10.2. The Kier molecular flexibility index (Phi) is 5.11. The van der Waals surface area contributed by atoms with Crippen molar-refractivity contribution in [1.29, 1.82) is 0 Å². The number of nitrogens with zero attached hydrogens (tertiary/aromatic N) is 3. The molecule has 0 spiro atoms. The molecule has 22 heavy (non-hydrogen) atoms. The van der Waals surface area contributed by atoms with Crippen LogP contribution in [0.25, 0.3) is 0 Å². The number of hydrogen-bond acceptors (Lipinski definition) is 6. The molecule has 0 aliphatic carbocycles. The van der Waals surface area contributed by atoms with Crippen LogP contribution in [0.15, 0.2) is 28.8 Å². The highest BCUT2D eigenvalue weighted by molar-refractivity contribution is 5.72. The van der Waals surface area contributed by atoms with Crippen molar-refractivity contribution in [3.05, 3.63) is 41.5 Å². The molecule has 0 fully saturated rings. The molecule has 1 aromatic heterocycles. The number of ether oxygens (including phenoxy) is 1. The van der Waals surface area contributed by atoms with E-state index in [0.29, 0.717) is 30.6 Å². The SMILES string of the molecule is Cc1nc(CN(C)Cc2ccc(OC(C)C(=O)O)cc2)no1. The minimum Gasteiger partial charge on any atom is -0.479 e. The second-order valence-corrected chi connectivity index (χ2v) is 5.14. The Labute approximate surface area is 128 Å². The van der Waals surface area contributed by atoms with E-state index in [0.717, 1.165) is 5.56 Å². The summed E-state index contributed by atoms with van der Waals surface area (Å²) in [7, 11) is 1.96. The quantitative estimate of drug-likeness (QED) is 0.835. The molecule has 1 aromatic carbocycles. The van der Waals surface area contributed by atoms with Crippen LogP contribution in [0.3, 0.4) is 0 Å². The van der Waals surface area contributed by atoms with Crippen LogP contribution in [0.2, 0.25) is 0 Å². The van der Waals surface area contributed by atoms with Crippen LogP contribution >= 0.6 is 0 Å². The summed E-state index contributed by atoms with van der Waals surface area (Å²) in [6.45, 7) is 4.55. The molecule has 0 amide bonds. The smallest absolute Gasteiger partial charge is 0.344 e. The predicted octanol–water partition coefficient (Wildman–Crippen LogP) is 1.86. The van der Waals surface area contributed by atoms with Gasteiger partial charge in [0.2, 0.25) is 5.89 Å². The molecule has 0 aliphatic heterocycles. The molecule has 0 saturated carbocycles. The zero-order valence-electron chi connectivity index (χ0n) is 12.8. The summed E-state index contributed by atoms with van der Waals surface area (Å²) >= 11 is 0. The normalized spacial score (nSPS) is 12.4. The Morgan fingerprint density at radius 1 is 1.36 bits per heavy atom. The van der Waals surface area contributed by atoms with Gasteiger partial charge >= 0.3 is 5.97 Å². The number of aromatic nitrogens is 2. The van der Waals surface area contributed by atoms with Gasteiger partial charge in [-0.15, -0.1) is 0 Å². The first kappa shape index (κ1) is 16.0. The van der Waals surface area contributed by atoms with Gasteiger partial charge in [-0.05, 0) is 31.7 Å². The van der Waals surface area contributed by atoms with Crippen LogP contribution in [0.5, 0.6) is 5.75 Å². The monoisotopic (exact) mass is 305 g/mol. The summed E-state index contributed by atoms with van der Waals surface area (Å²) in [6, 6.07) is 7.34. The zero-order chi connectivity index (χ0) is 16.1. The van der Waals surface area contributed by atoms with Crippen LogP contribution in [-0.4, -0.2) is 39.3 Å². The lowest BCUT2D eigenvalue weighted by Crippen LogP contribution is -2.22. The number of carbonyl (C=O) groups is 1. The molecule has 0 bridgehead atoms. The van der Waals surface area contributed by atoms with Crippen molar-refractivity contribution in [2.45, 2.75) is 33.0 Å². The summed E-state index contributed by atoms with van der Waals surface area (Å²) in [5.74, 6) is 0.752. The lowest BCUT2D eigenvalue weighted by Gasteiger charge is -2.15. The van der Waals surface area contributed by atoms with Crippen LogP contribution in [0.1, 0.15) is 24.2 Å². The third-order valence-electron chi connectivity index (χ3n) is 3.02. The van der Waals surface area contributed by atoms with E-state index in [-0.39, 0.29) is 0 Å². The van der Waals surface area contributed by atoms with Crippen molar-refractivity contribution < 1.29 is 19.2 Å². The highest BCUT2D eigenvalue weighted by Gasteiger charge is 2.12. The number of rotatable bonds is 7. The topological polar surface area (TPSA) is 88.7 Å². The van der Waals surface area contributed by atoms with Crippen molar-refractivity contribution in [3.8, 4) is 5.75 Å². The Bertz CT molecular complexity index is 624. The van der Waals surface area contributed by atoms with Crippen LogP contribution < -0.4 is 4.74 Å². The number of aryl methyl sites for hydroxylation is 1. The molecular weight excluding hydrogens is 286 g/mol. The predicted molar refractivity (Wildman–Crippen MR) is 78.4 cm³/mol. The zero-order valence-corrected chi connectivity index (χ0v) is 12.8. The number of hydrogen-bond donors (Lipinski definition) is 1. The average molecular weight is 305 g/mol. The molecule has 7 nitrogen and oxygen atoms in total. The number of carboxylic acid groups (broad SMARTS) is 1. The summed E-state index contributed by atoms with van der Waals surface area (Å²) in [5.41, 5.74) is 1.08. The number of aliphatic carboxylic acids is 1. The van der Waals surface area contributed by atoms with Gasteiger partial charge in [0.15, 0.2) is 11.9 Å². The maximum Gasteiger partial charge on any atom is 0.344 e. The van der Waals surface area contributed by atoms with E-state index in [9.17, 15) is 4.79 Å². The summed E-state index contributed by atoms with van der Waals surface area (Å²) in [5, 5.41) is 12.7. The molecule has 0 saturated heterocycles. The fraction of sp³-hybridized carbons (Fsp3) is 0.400. The van der Waals surface area contributed by atoms with Crippen molar-refractivity contribution >= 4 is 5.97 Å². The van der Waals surface area contributed by atoms with Gasteiger partial charge in [0, 0.05) is 13.5 Å². The first-order valence-electron chi connectivity index (χ1n) is 6.90. The summed E-state index contributed by atoms with van der Waals surface area (Å²) in [4.78, 5) is 17.0. The van der Waals surface area contributed by atoms with Gasteiger partial charge in [-0.3, -0.25) is 4.90 Å². The van der Waals surface area contributed by atoms with Gasteiger partial charge in [0.1, 0.15) is 5.75 Å². The fourth-order valence-corrected chi connectivity index (χ4v) is 1.94. The third-order valence-corrected chi connectivity index (χ3v) is 3.02.